The highest BCUT2D eigenvalue weighted by Gasteiger charge is 2.52. The molecule has 2 aromatic heterocycles. The summed E-state index contributed by atoms with van der Waals surface area (Å²) in [6.45, 7) is 0. The Morgan fingerprint density at radius 1 is 1.20 bits per heavy atom. The number of pyridine rings is 1. The molecule has 7 heteroatoms. The van der Waals surface area contributed by atoms with Crippen molar-refractivity contribution in [1.29, 1.82) is 0 Å². The first-order valence-electron chi connectivity index (χ1n) is 7.83. The molecule has 4 rings (SSSR count). The Bertz CT molecular complexity index is 934. The molecule has 0 spiro atoms. The van der Waals surface area contributed by atoms with Crippen LogP contribution in [0, 0.1) is 5.82 Å². The molecule has 1 aromatic carbocycles. The molecule has 0 unspecified atom stereocenters. The van der Waals surface area contributed by atoms with Crippen LogP contribution in [0.3, 0.4) is 0 Å². The summed E-state index contributed by atoms with van der Waals surface area (Å²) in [6.07, 6.45) is 4.55. The van der Waals surface area contributed by atoms with Crippen LogP contribution in [-0.2, 0) is 10.2 Å². The number of amides is 1. The van der Waals surface area contributed by atoms with Gasteiger partial charge in [0.25, 0.3) is 0 Å². The SMILES string of the molecule is O=C(Nc1ccn(-c2ccc(Cl)nc2)n1)C1(c2ccccc2F)CC1. The largest absolute Gasteiger partial charge is 0.308 e. The van der Waals surface area contributed by atoms with E-state index >= 15 is 0 Å². The first kappa shape index (κ1) is 15.8. The summed E-state index contributed by atoms with van der Waals surface area (Å²) in [5.41, 5.74) is 0.366. The van der Waals surface area contributed by atoms with E-state index in [0.717, 1.165) is 5.69 Å². The predicted octanol–water partition coefficient (Wildman–Crippen LogP) is 3.73. The van der Waals surface area contributed by atoms with Crippen molar-refractivity contribution < 1.29 is 9.18 Å². The maximum Gasteiger partial charge on any atom is 0.236 e. The molecule has 0 aliphatic heterocycles. The normalized spacial score (nSPS) is 15.0. The third-order valence-electron chi connectivity index (χ3n) is 4.38. The zero-order valence-corrected chi connectivity index (χ0v) is 13.9. The Hall–Kier alpha value is -2.73. The van der Waals surface area contributed by atoms with Gasteiger partial charge in [-0.2, -0.15) is 5.10 Å². The van der Waals surface area contributed by atoms with Crippen LogP contribution in [0.15, 0.2) is 54.9 Å². The average molecular weight is 357 g/mol. The molecule has 1 amide bonds. The van der Waals surface area contributed by atoms with Crippen molar-refractivity contribution in [2.45, 2.75) is 18.3 Å². The maximum absolute atomic E-state index is 14.1. The summed E-state index contributed by atoms with van der Waals surface area (Å²) in [6, 6.07) is 11.5. The summed E-state index contributed by atoms with van der Waals surface area (Å²) >= 11 is 5.77. The first-order chi connectivity index (χ1) is 12.1. The lowest BCUT2D eigenvalue weighted by Gasteiger charge is -2.15. The molecule has 0 radical (unpaired) electrons. The number of aromatic nitrogens is 3. The molecule has 2 heterocycles. The van der Waals surface area contributed by atoms with Crippen LogP contribution in [0.25, 0.3) is 5.69 Å². The van der Waals surface area contributed by atoms with Gasteiger partial charge in [0, 0.05) is 17.8 Å². The number of anilines is 1. The lowest BCUT2D eigenvalue weighted by atomic mass is 9.94. The number of hydrogen-bond donors (Lipinski definition) is 1. The number of carbonyl (C=O) groups excluding carboxylic acids is 1. The maximum atomic E-state index is 14.1. The first-order valence-corrected chi connectivity index (χ1v) is 8.20. The topological polar surface area (TPSA) is 59.8 Å². The number of rotatable bonds is 4. The standard InChI is InChI=1S/C18H14ClFN4O/c19-15-6-5-12(11-21-15)24-10-7-16(23-24)22-17(25)18(8-9-18)13-3-1-2-4-14(13)20/h1-7,10-11H,8-9H2,(H,22,23,25). The van der Waals surface area contributed by atoms with Crippen LogP contribution in [0.5, 0.6) is 0 Å². The average Bonchev–Trinajstić information content (AvgIpc) is 3.29. The Morgan fingerprint density at radius 3 is 2.68 bits per heavy atom. The summed E-state index contributed by atoms with van der Waals surface area (Å²) in [7, 11) is 0. The predicted molar refractivity (Wildman–Crippen MR) is 92.3 cm³/mol. The van der Waals surface area contributed by atoms with E-state index in [4.69, 9.17) is 11.6 Å². The second kappa shape index (κ2) is 5.97. The van der Waals surface area contributed by atoms with Crippen molar-refractivity contribution in [3.05, 3.63) is 71.4 Å². The second-order valence-corrected chi connectivity index (χ2v) is 6.39. The minimum atomic E-state index is -0.795. The fraction of sp³-hybridized carbons (Fsp3) is 0.167. The molecule has 1 saturated carbocycles. The van der Waals surface area contributed by atoms with Gasteiger partial charge < -0.3 is 5.32 Å². The minimum absolute atomic E-state index is 0.239. The zero-order chi connectivity index (χ0) is 17.4. The fourth-order valence-electron chi connectivity index (χ4n) is 2.87. The number of benzene rings is 1. The van der Waals surface area contributed by atoms with Gasteiger partial charge in [-0.05, 0) is 31.0 Å². The molecular formula is C18H14ClFN4O. The van der Waals surface area contributed by atoms with E-state index in [9.17, 15) is 9.18 Å². The Morgan fingerprint density at radius 2 is 2.00 bits per heavy atom. The third-order valence-corrected chi connectivity index (χ3v) is 4.60. The quantitative estimate of drug-likeness (QED) is 0.724. The molecule has 3 aromatic rings. The van der Waals surface area contributed by atoms with Crippen molar-refractivity contribution in [3.63, 3.8) is 0 Å². The van der Waals surface area contributed by atoms with Gasteiger partial charge in [0.2, 0.25) is 5.91 Å². The van der Waals surface area contributed by atoms with Crippen molar-refractivity contribution >= 4 is 23.3 Å². The van der Waals surface area contributed by atoms with Crippen molar-refractivity contribution in [1.82, 2.24) is 14.8 Å². The second-order valence-electron chi connectivity index (χ2n) is 6.00. The molecule has 1 N–H and O–H groups in total. The summed E-state index contributed by atoms with van der Waals surface area (Å²) in [5.74, 6) is -0.187. The number of carbonyl (C=O) groups is 1. The Balaban J connectivity index is 1.54. The van der Waals surface area contributed by atoms with Gasteiger partial charge in [0.15, 0.2) is 5.82 Å². The highest BCUT2D eigenvalue weighted by Crippen LogP contribution is 2.49. The summed E-state index contributed by atoms with van der Waals surface area (Å²) < 4.78 is 15.6. The lowest BCUT2D eigenvalue weighted by molar-refractivity contribution is -0.118. The number of nitrogens with zero attached hydrogens (tertiary/aromatic N) is 3. The van der Waals surface area contributed by atoms with Crippen LogP contribution in [0.2, 0.25) is 5.15 Å². The van der Waals surface area contributed by atoms with Crippen molar-refractivity contribution in [3.8, 4) is 5.69 Å². The van der Waals surface area contributed by atoms with Crippen molar-refractivity contribution in [2.24, 2.45) is 0 Å². The van der Waals surface area contributed by atoms with Gasteiger partial charge in [-0.25, -0.2) is 14.1 Å². The Labute approximate surface area is 148 Å². The molecule has 0 bridgehead atoms. The van der Waals surface area contributed by atoms with E-state index in [0.29, 0.717) is 29.4 Å². The van der Waals surface area contributed by atoms with Gasteiger partial charge >= 0.3 is 0 Å². The molecule has 1 aliphatic carbocycles. The highest BCUT2D eigenvalue weighted by molar-refractivity contribution is 6.29. The zero-order valence-electron chi connectivity index (χ0n) is 13.1. The van der Waals surface area contributed by atoms with Crippen LogP contribution in [0.1, 0.15) is 18.4 Å². The number of nitrogens with one attached hydrogen (secondary N) is 1. The van der Waals surface area contributed by atoms with Gasteiger partial charge in [-0.1, -0.05) is 29.8 Å². The third kappa shape index (κ3) is 2.89. The Kier molecular flexibility index (Phi) is 3.77. The minimum Gasteiger partial charge on any atom is -0.308 e. The fourth-order valence-corrected chi connectivity index (χ4v) is 2.98. The summed E-state index contributed by atoms with van der Waals surface area (Å²) in [5, 5.41) is 7.50. The highest BCUT2D eigenvalue weighted by atomic mass is 35.5. The van der Waals surface area contributed by atoms with Crippen LogP contribution in [0.4, 0.5) is 10.2 Å². The molecule has 1 fully saturated rings. The van der Waals surface area contributed by atoms with E-state index in [2.05, 4.69) is 15.4 Å². The van der Waals surface area contributed by atoms with Crippen LogP contribution >= 0.6 is 11.6 Å². The van der Waals surface area contributed by atoms with Gasteiger partial charge in [-0.15, -0.1) is 0 Å². The van der Waals surface area contributed by atoms with Crippen LogP contribution in [-0.4, -0.2) is 20.7 Å². The molecular weight excluding hydrogens is 343 g/mol. The van der Waals surface area contributed by atoms with E-state index in [1.54, 1.807) is 53.5 Å². The molecule has 0 saturated heterocycles. The van der Waals surface area contributed by atoms with Gasteiger partial charge in [0.05, 0.1) is 17.3 Å². The molecule has 126 valence electrons. The number of halogens is 2. The molecule has 1 aliphatic rings. The van der Waals surface area contributed by atoms with E-state index in [1.165, 1.54) is 6.07 Å². The summed E-state index contributed by atoms with van der Waals surface area (Å²) in [4.78, 5) is 16.7. The van der Waals surface area contributed by atoms with Gasteiger partial charge in [-0.3, -0.25) is 4.79 Å². The van der Waals surface area contributed by atoms with E-state index < -0.39 is 5.41 Å². The van der Waals surface area contributed by atoms with Crippen molar-refractivity contribution in [2.75, 3.05) is 5.32 Å². The molecule has 25 heavy (non-hydrogen) atoms. The van der Waals surface area contributed by atoms with E-state index in [1.807, 2.05) is 0 Å². The molecule has 5 nitrogen and oxygen atoms in total. The monoisotopic (exact) mass is 356 g/mol. The number of hydrogen-bond acceptors (Lipinski definition) is 3. The smallest absolute Gasteiger partial charge is 0.236 e. The van der Waals surface area contributed by atoms with Gasteiger partial charge in [0.1, 0.15) is 11.0 Å². The van der Waals surface area contributed by atoms with Crippen LogP contribution < -0.4 is 5.32 Å². The lowest BCUT2D eigenvalue weighted by Crippen LogP contribution is -2.29. The van der Waals surface area contributed by atoms with E-state index in [-0.39, 0.29) is 11.7 Å². The molecule has 0 atom stereocenters.